The molecule has 0 atom stereocenters. The number of nitrogens with zero attached hydrogens (tertiary/aromatic N) is 1. The van der Waals surface area contributed by atoms with Crippen molar-refractivity contribution < 1.29 is 22.8 Å². The summed E-state index contributed by atoms with van der Waals surface area (Å²) in [5.74, 6) is -1.69. The monoisotopic (exact) mass is 283 g/mol. The van der Waals surface area contributed by atoms with E-state index in [9.17, 15) is 22.8 Å². The lowest BCUT2D eigenvalue weighted by Gasteiger charge is -2.15. The van der Waals surface area contributed by atoms with E-state index in [-0.39, 0.29) is 17.8 Å². The van der Waals surface area contributed by atoms with Gasteiger partial charge < -0.3 is 4.90 Å². The van der Waals surface area contributed by atoms with Crippen LogP contribution in [-0.2, 0) is 11.0 Å². The average molecular weight is 283 g/mol. The minimum absolute atomic E-state index is 0.172. The minimum atomic E-state index is -4.54. The summed E-state index contributed by atoms with van der Waals surface area (Å²) < 4.78 is 37.8. The Morgan fingerprint density at radius 2 is 1.90 bits per heavy atom. The molecule has 0 aromatic heterocycles. The fourth-order valence-electron chi connectivity index (χ4n) is 1.93. The number of allylic oxidation sites excluding steroid dienone is 1. The number of Topliss-reactive ketones (excluding diaryl/α,β-unsaturated/α-hetero) is 1. The number of carbonyl (C=O) groups is 2. The zero-order valence-corrected chi connectivity index (χ0v) is 10.9. The fraction of sp³-hybridized carbons (Fsp3) is 0.286. The van der Waals surface area contributed by atoms with Crippen molar-refractivity contribution >= 4 is 17.4 Å². The molecule has 1 aliphatic rings. The zero-order chi connectivity index (χ0) is 15.1. The zero-order valence-electron chi connectivity index (χ0n) is 10.9. The first-order valence-corrected chi connectivity index (χ1v) is 5.92. The molecule has 0 spiro atoms. The Kier molecular flexibility index (Phi) is 3.41. The number of alkyl halides is 3. The molecule has 0 saturated carbocycles. The number of amides is 1. The van der Waals surface area contributed by atoms with Crippen LogP contribution in [0.25, 0.3) is 0 Å². The van der Waals surface area contributed by atoms with Crippen LogP contribution in [0.3, 0.4) is 0 Å². The van der Waals surface area contributed by atoms with Crippen molar-refractivity contribution in [1.82, 2.24) is 0 Å². The first kappa shape index (κ1) is 14.3. The third-order valence-electron chi connectivity index (χ3n) is 2.98. The highest BCUT2D eigenvalue weighted by molar-refractivity contribution is 6.52. The van der Waals surface area contributed by atoms with E-state index in [4.69, 9.17) is 0 Å². The third kappa shape index (κ3) is 2.45. The van der Waals surface area contributed by atoms with Crippen LogP contribution >= 0.6 is 0 Å². The van der Waals surface area contributed by atoms with E-state index in [1.807, 2.05) is 13.8 Å². The van der Waals surface area contributed by atoms with Crippen molar-refractivity contribution in [3.8, 4) is 0 Å². The van der Waals surface area contributed by atoms with E-state index in [2.05, 4.69) is 0 Å². The van der Waals surface area contributed by atoms with E-state index in [0.29, 0.717) is 0 Å². The van der Waals surface area contributed by atoms with Crippen molar-refractivity contribution in [3.63, 3.8) is 0 Å². The lowest BCUT2D eigenvalue weighted by molar-refractivity contribution is -0.137. The van der Waals surface area contributed by atoms with E-state index in [1.165, 1.54) is 11.0 Å². The quantitative estimate of drug-likeness (QED) is 0.617. The van der Waals surface area contributed by atoms with Crippen molar-refractivity contribution in [3.05, 3.63) is 41.0 Å². The molecule has 0 N–H and O–H groups in total. The van der Waals surface area contributed by atoms with Crippen LogP contribution in [0.5, 0.6) is 0 Å². The molecule has 1 aromatic rings. The summed E-state index contributed by atoms with van der Waals surface area (Å²) in [6.07, 6.45) is -2.80. The normalized spacial score (nSPS) is 14.6. The predicted octanol–water partition coefficient (Wildman–Crippen LogP) is 3.20. The number of ketones is 1. The molecule has 0 bridgehead atoms. The highest BCUT2D eigenvalue weighted by Crippen LogP contribution is 2.35. The highest BCUT2D eigenvalue weighted by Gasteiger charge is 2.38. The van der Waals surface area contributed by atoms with Gasteiger partial charge in [-0.25, -0.2) is 0 Å². The van der Waals surface area contributed by atoms with Gasteiger partial charge in [-0.1, -0.05) is 11.6 Å². The Hall–Kier alpha value is -2.11. The van der Waals surface area contributed by atoms with Gasteiger partial charge in [0.1, 0.15) is 0 Å². The third-order valence-corrected chi connectivity index (χ3v) is 2.98. The number of rotatable bonds is 2. The summed E-state index contributed by atoms with van der Waals surface area (Å²) in [4.78, 5) is 24.7. The Balaban J connectivity index is 2.45. The number of hydrogen-bond acceptors (Lipinski definition) is 2. The Morgan fingerprint density at radius 3 is 2.45 bits per heavy atom. The van der Waals surface area contributed by atoms with Gasteiger partial charge in [-0.05, 0) is 32.0 Å². The van der Waals surface area contributed by atoms with Crippen LogP contribution in [0.4, 0.5) is 18.9 Å². The van der Waals surface area contributed by atoms with E-state index in [0.717, 1.165) is 17.7 Å². The number of benzene rings is 1. The van der Waals surface area contributed by atoms with Crippen molar-refractivity contribution in [2.24, 2.45) is 0 Å². The summed E-state index contributed by atoms with van der Waals surface area (Å²) >= 11 is 0. The lowest BCUT2D eigenvalue weighted by Crippen LogP contribution is -2.29. The molecule has 0 aliphatic carbocycles. The summed E-state index contributed by atoms with van der Waals surface area (Å²) in [5, 5.41) is 0. The van der Waals surface area contributed by atoms with Crippen molar-refractivity contribution in [1.29, 1.82) is 0 Å². The largest absolute Gasteiger partial charge is 0.416 e. The number of carbonyl (C=O) groups excluding carboxylic acids is 2. The molecule has 2 rings (SSSR count). The minimum Gasteiger partial charge on any atom is -0.301 e. The molecule has 1 aromatic carbocycles. The van der Waals surface area contributed by atoms with Crippen LogP contribution in [0.15, 0.2) is 29.8 Å². The maximum Gasteiger partial charge on any atom is 0.416 e. The van der Waals surface area contributed by atoms with Gasteiger partial charge in [0.25, 0.3) is 11.7 Å². The highest BCUT2D eigenvalue weighted by atomic mass is 19.4. The van der Waals surface area contributed by atoms with Gasteiger partial charge in [0, 0.05) is 6.54 Å². The summed E-state index contributed by atoms with van der Waals surface area (Å²) in [6.45, 7) is 3.83. The second kappa shape index (κ2) is 4.77. The maximum atomic E-state index is 12.6. The number of halogens is 3. The molecule has 0 unspecified atom stereocenters. The van der Waals surface area contributed by atoms with Gasteiger partial charge in [0.05, 0.1) is 16.8 Å². The van der Waals surface area contributed by atoms with Crippen LogP contribution < -0.4 is 4.90 Å². The van der Waals surface area contributed by atoms with E-state index in [1.54, 1.807) is 6.08 Å². The van der Waals surface area contributed by atoms with Crippen LogP contribution in [0.2, 0.25) is 0 Å². The Labute approximate surface area is 113 Å². The van der Waals surface area contributed by atoms with Crippen LogP contribution in [0, 0.1) is 0 Å². The molecule has 0 saturated heterocycles. The van der Waals surface area contributed by atoms with Gasteiger partial charge in [0.2, 0.25) is 0 Å². The lowest BCUT2D eigenvalue weighted by atomic mass is 10.1. The molecule has 1 amide bonds. The summed E-state index contributed by atoms with van der Waals surface area (Å²) in [7, 11) is 0. The first-order chi connectivity index (χ1) is 9.21. The van der Waals surface area contributed by atoms with Gasteiger partial charge in [-0.3, -0.25) is 9.59 Å². The molecule has 0 fully saturated rings. The SMILES string of the molecule is CC(C)=CCN1C(=O)C(=O)c2cc(C(F)(F)F)ccc21. The number of fused-ring (bicyclic) bond motifs is 1. The molecule has 20 heavy (non-hydrogen) atoms. The van der Waals surface area contributed by atoms with Gasteiger partial charge in [-0.2, -0.15) is 13.2 Å². The summed E-state index contributed by atoms with van der Waals surface area (Å²) in [6, 6.07) is 2.78. The van der Waals surface area contributed by atoms with Gasteiger partial charge in [-0.15, -0.1) is 0 Å². The van der Waals surface area contributed by atoms with Gasteiger partial charge in [0.15, 0.2) is 0 Å². The second-order valence-corrected chi connectivity index (χ2v) is 4.76. The summed E-state index contributed by atoms with van der Waals surface area (Å²) in [5.41, 5.74) is 0.0598. The maximum absolute atomic E-state index is 12.6. The Bertz CT molecular complexity index is 613. The predicted molar refractivity (Wildman–Crippen MR) is 67.6 cm³/mol. The van der Waals surface area contributed by atoms with Crippen molar-refractivity contribution in [2.75, 3.05) is 11.4 Å². The Morgan fingerprint density at radius 1 is 1.25 bits per heavy atom. The standard InChI is InChI=1S/C14H12F3NO2/c1-8(2)5-6-18-11-4-3-9(14(15,16)17)7-10(11)12(19)13(18)20/h3-5,7H,6H2,1-2H3. The fourth-order valence-corrected chi connectivity index (χ4v) is 1.93. The number of anilines is 1. The molecule has 106 valence electrons. The average Bonchev–Trinajstić information content (AvgIpc) is 2.58. The number of hydrogen-bond donors (Lipinski definition) is 0. The topological polar surface area (TPSA) is 37.4 Å². The van der Waals surface area contributed by atoms with E-state index >= 15 is 0 Å². The van der Waals surface area contributed by atoms with Gasteiger partial charge >= 0.3 is 6.18 Å². The molecular formula is C14H12F3NO2. The first-order valence-electron chi connectivity index (χ1n) is 5.92. The molecular weight excluding hydrogens is 271 g/mol. The smallest absolute Gasteiger partial charge is 0.301 e. The molecule has 1 aliphatic heterocycles. The second-order valence-electron chi connectivity index (χ2n) is 4.76. The van der Waals surface area contributed by atoms with E-state index < -0.39 is 23.4 Å². The molecule has 3 nitrogen and oxygen atoms in total. The molecule has 6 heteroatoms. The molecule has 1 heterocycles. The van der Waals surface area contributed by atoms with Crippen molar-refractivity contribution in [2.45, 2.75) is 20.0 Å². The van der Waals surface area contributed by atoms with Crippen LogP contribution in [0.1, 0.15) is 29.8 Å². The van der Waals surface area contributed by atoms with Crippen LogP contribution in [-0.4, -0.2) is 18.2 Å². The molecule has 0 radical (unpaired) electrons.